The van der Waals surface area contributed by atoms with E-state index < -0.39 is 17.5 Å². The molecule has 0 saturated carbocycles. The average molecular weight is 262 g/mol. The molecule has 1 aromatic carbocycles. The third-order valence-electron chi connectivity index (χ3n) is 2.31. The SMILES string of the molecule is CC(CCl)CNC(=O)Cc1c(F)cccc1F. The van der Waals surface area contributed by atoms with Crippen molar-refractivity contribution in [2.24, 2.45) is 5.92 Å². The van der Waals surface area contributed by atoms with Crippen LogP contribution in [0.4, 0.5) is 8.78 Å². The van der Waals surface area contributed by atoms with Gasteiger partial charge in [-0.15, -0.1) is 11.6 Å². The zero-order valence-electron chi connectivity index (χ0n) is 9.47. The number of carbonyl (C=O) groups is 1. The van der Waals surface area contributed by atoms with Crippen LogP contribution in [0.3, 0.4) is 0 Å². The van der Waals surface area contributed by atoms with Crippen molar-refractivity contribution in [1.82, 2.24) is 5.32 Å². The van der Waals surface area contributed by atoms with E-state index in [1.807, 2.05) is 6.92 Å². The summed E-state index contributed by atoms with van der Waals surface area (Å²) in [5.41, 5.74) is -0.205. The Morgan fingerprint density at radius 1 is 1.41 bits per heavy atom. The predicted molar refractivity (Wildman–Crippen MR) is 63.0 cm³/mol. The smallest absolute Gasteiger partial charge is 0.224 e. The second kappa shape index (κ2) is 6.55. The first-order chi connectivity index (χ1) is 8.04. The zero-order valence-corrected chi connectivity index (χ0v) is 10.2. The summed E-state index contributed by atoms with van der Waals surface area (Å²) < 4.78 is 26.5. The maximum absolute atomic E-state index is 13.2. The van der Waals surface area contributed by atoms with Crippen LogP contribution < -0.4 is 5.32 Å². The molecule has 0 aliphatic rings. The number of rotatable bonds is 5. The number of amides is 1. The first kappa shape index (κ1) is 13.9. The second-order valence-electron chi connectivity index (χ2n) is 3.94. The molecule has 0 saturated heterocycles. The number of benzene rings is 1. The summed E-state index contributed by atoms with van der Waals surface area (Å²) in [7, 11) is 0. The van der Waals surface area contributed by atoms with Gasteiger partial charge in [0.2, 0.25) is 5.91 Å². The number of hydrogen-bond acceptors (Lipinski definition) is 1. The molecule has 0 fully saturated rings. The quantitative estimate of drug-likeness (QED) is 0.811. The van der Waals surface area contributed by atoms with Crippen molar-refractivity contribution < 1.29 is 13.6 Å². The first-order valence-corrected chi connectivity index (χ1v) is 5.83. The fraction of sp³-hybridized carbons (Fsp3) is 0.417. The largest absolute Gasteiger partial charge is 0.356 e. The fourth-order valence-electron chi connectivity index (χ4n) is 1.27. The highest BCUT2D eigenvalue weighted by atomic mass is 35.5. The molecule has 5 heteroatoms. The van der Waals surface area contributed by atoms with Gasteiger partial charge in [-0.05, 0) is 18.1 Å². The Labute approximate surface area is 104 Å². The van der Waals surface area contributed by atoms with E-state index in [4.69, 9.17) is 11.6 Å². The van der Waals surface area contributed by atoms with Crippen LogP contribution in [0, 0.1) is 17.6 Å². The number of alkyl halides is 1. The van der Waals surface area contributed by atoms with Gasteiger partial charge in [-0.25, -0.2) is 8.78 Å². The summed E-state index contributed by atoms with van der Waals surface area (Å²) in [4.78, 5) is 11.4. The zero-order chi connectivity index (χ0) is 12.8. The van der Waals surface area contributed by atoms with Crippen molar-refractivity contribution in [1.29, 1.82) is 0 Å². The van der Waals surface area contributed by atoms with Gasteiger partial charge < -0.3 is 5.32 Å². The van der Waals surface area contributed by atoms with Gasteiger partial charge in [0.25, 0.3) is 0 Å². The normalized spacial score (nSPS) is 12.2. The summed E-state index contributed by atoms with van der Waals surface area (Å²) >= 11 is 5.57. The fourth-order valence-corrected chi connectivity index (χ4v) is 1.38. The van der Waals surface area contributed by atoms with E-state index in [2.05, 4.69) is 5.32 Å². The molecule has 0 aliphatic carbocycles. The molecule has 0 radical (unpaired) electrons. The Balaban J connectivity index is 2.56. The van der Waals surface area contributed by atoms with Crippen LogP contribution in [0.15, 0.2) is 18.2 Å². The Morgan fingerprint density at radius 2 is 2.00 bits per heavy atom. The summed E-state index contributed by atoms with van der Waals surface area (Å²) in [6, 6.07) is 3.53. The monoisotopic (exact) mass is 261 g/mol. The molecule has 0 spiro atoms. The van der Waals surface area contributed by atoms with Gasteiger partial charge in [0.15, 0.2) is 0 Å². The molecule has 0 bridgehead atoms. The highest BCUT2D eigenvalue weighted by Gasteiger charge is 2.13. The molecule has 17 heavy (non-hydrogen) atoms. The minimum Gasteiger partial charge on any atom is -0.356 e. The lowest BCUT2D eigenvalue weighted by molar-refractivity contribution is -0.120. The van der Waals surface area contributed by atoms with Gasteiger partial charge in [-0.3, -0.25) is 4.79 Å². The molecule has 1 amide bonds. The molecule has 94 valence electrons. The summed E-state index contributed by atoms with van der Waals surface area (Å²) in [5, 5.41) is 2.58. The lowest BCUT2D eigenvalue weighted by atomic mass is 10.1. The first-order valence-electron chi connectivity index (χ1n) is 5.30. The van der Waals surface area contributed by atoms with Crippen LogP contribution in [-0.4, -0.2) is 18.3 Å². The van der Waals surface area contributed by atoms with Gasteiger partial charge in [0, 0.05) is 18.0 Å². The highest BCUT2D eigenvalue weighted by molar-refractivity contribution is 6.18. The Hall–Kier alpha value is -1.16. The lowest BCUT2D eigenvalue weighted by Crippen LogP contribution is -2.30. The molecule has 1 N–H and O–H groups in total. The lowest BCUT2D eigenvalue weighted by Gasteiger charge is -2.10. The van der Waals surface area contributed by atoms with Crippen LogP contribution in [-0.2, 0) is 11.2 Å². The minimum atomic E-state index is -0.703. The van der Waals surface area contributed by atoms with Crippen LogP contribution >= 0.6 is 11.6 Å². The molecule has 0 heterocycles. The molecule has 2 nitrogen and oxygen atoms in total. The van der Waals surface area contributed by atoms with E-state index in [1.54, 1.807) is 0 Å². The molecular formula is C12H14ClF2NO. The predicted octanol–water partition coefficient (Wildman–Crippen LogP) is 2.50. The average Bonchev–Trinajstić information content (AvgIpc) is 2.31. The number of halogens is 3. The van der Waals surface area contributed by atoms with E-state index in [1.165, 1.54) is 6.07 Å². The molecule has 1 unspecified atom stereocenters. The van der Waals surface area contributed by atoms with E-state index in [9.17, 15) is 13.6 Å². The Bertz CT molecular complexity index is 378. The number of carbonyl (C=O) groups excluding carboxylic acids is 1. The van der Waals surface area contributed by atoms with E-state index >= 15 is 0 Å². The van der Waals surface area contributed by atoms with Crippen molar-refractivity contribution in [3.63, 3.8) is 0 Å². The van der Waals surface area contributed by atoms with E-state index in [0.29, 0.717) is 12.4 Å². The van der Waals surface area contributed by atoms with Crippen molar-refractivity contribution in [2.75, 3.05) is 12.4 Å². The van der Waals surface area contributed by atoms with Crippen LogP contribution in [0.25, 0.3) is 0 Å². The van der Waals surface area contributed by atoms with Crippen molar-refractivity contribution >= 4 is 17.5 Å². The Morgan fingerprint density at radius 3 is 2.53 bits per heavy atom. The molecule has 1 rings (SSSR count). The standard InChI is InChI=1S/C12H14ClF2NO/c1-8(6-13)7-16-12(17)5-9-10(14)3-2-4-11(9)15/h2-4,8H,5-7H2,1H3,(H,16,17). The maximum Gasteiger partial charge on any atom is 0.224 e. The molecule has 1 atom stereocenters. The number of hydrogen-bond donors (Lipinski definition) is 1. The summed E-state index contributed by atoms with van der Waals surface area (Å²) in [6.07, 6.45) is -0.298. The third-order valence-corrected chi connectivity index (χ3v) is 2.84. The highest BCUT2D eigenvalue weighted by Crippen LogP contribution is 2.12. The number of nitrogens with one attached hydrogen (secondary N) is 1. The summed E-state index contributed by atoms with van der Waals surface area (Å²) in [6.45, 7) is 2.27. The van der Waals surface area contributed by atoms with Gasteiger partial charge in [0.05, 0.1) is 6.42 Å². The van der Waals surface area contributed by atoms with E-state index in [0.717, 1.165) is 12.1 Å². The summed E-state index contributed by atoms with van der Waals surface area (Å²) in [5.74, 6) is -1.26. The molecule has 1 aromatic rings. The minimum absolute atomic E-state index is 0.131. The van der Waals surface area contributed by atoms with Crippen LogP contribution in [0.5, 0.6) is 0 Å². The van der Waals surface area contributed by atoms with Crippen LogP contribution in [0.2, 0.25) is 0 Å². The topological polar surface area (TPSA) is 29.1 Å². The molecule has 0 aliphatic heterocycles. The van der Waals surface area contributed by atoms with Gasteiger partial charge >= 0.3 is 0 Å². The maximum atomic E-state index is 13.2. The van der Waals surface area contributed by atoms with E-state index in [-0.39, 0.29) is 17.9 Å². The molecule has 0 aromatic heterocycles. The van der Waals surface area contributed by atoms with Gasteiger partial charge in [-0.1, -0.05) is 13.0 Å². The van der Waals surface area contributed by atoms with Gasteiger partial charge in [-0.2, -0.15) is 0 Å². The second-order valence-corrected chi connectivity index (χ2v) is 4.25. The van der Waals surface area contributed by atoms with Crippen LogP contribution in [0.1, 0.15) is 12.5 Å². The third kappa shape index (κ3) is 4.30. The van der Waals surface area contributed by atoms with Gasteiger partial charge in [0.1, 0.15) is 11.6 Å². The van der Waals surface area contributed by atoms with Crippen molar-refractivity contribution in [2.45, 2.75) is 13.3 Å². The van der Waals surface area contributed by atoms with Crippen molar-refractivity contribution in [3.8, 4) is 0 Å². The molecular weight excluding hydrogens is 248 g/mol. The van der Waals surface area contributed by atoms with Crippen molar-refractivity contribution in [3.05, 3.63) is 35.4 Å². The Kier molecular flexibility index (Phi) is 5.35.